The molecule has 1 saturated heterocycles. The van der Waals surface area contributed by atoms with Crippen LogP contribution in [0.5, 0.6) is 0 Å². The number of rotatable bonds is 0. The van der Waals surface area contributed by atoms with Gasteiger partial charge in [-0.25, -0.2) is 0 Å². The molecule has 0 radical (unpaired) electrons. The summed E-state index contributed by atoms with van der Waals surface area (Å²) in [5.74, 6) is -0.105. The third kappa shape index (κ3) is 2.53. The summed E-state index contributed by atoms with van der Waals surface area (Å²) < 4.78 is 29.4. The van der Waals surface area contributed by atoms with Gasteiger partial charge in [0.15, 0.2) is 0 Å². The Kier molecular flexibility index (Phi) is 1.78. The fourth-order valence-electron chi connectivity index (χ4n) is 0.598. The molecule has 0 amide bonds. The molecule has 1 aliphatic rings. The molecule has 1 atom stereocenters. The van der Waals surface area contributed by atoms with Crippen molar-refractivity contribution in [3.63, 3.8) is 0 Å². The first-order valence-electron chi connectivity index (χ1n) is 4.63. The van der Waals surface area contributed by atoms with Gasteiger partial charge < -0.3 is 5.32 Å². The van der Waals surface area contributed by atoms with Crippen LogP contribution in [0.15, 0.2) is 0 Å². The van der Waals surface area contributed by atoms with Crippen molar-refractivity contribution in [1.82, 2.24) is 5.32 Å². The molecule has 0 aromatic heterocycles. The van der Waals surface area contributed by atoms with Gasteiger partial charge in [-0.1, -0.05) is 6.92 Å². The van der Waals surface area contributed by atoms with E-state index in [1.807, 2.05) is 0 Å². The second-order valence-corrected chi connectivity index (χ2v) is 1.89. The second-order valence-electron chi connectivity index (χ2n) is 1.89. The molecule has 1 heterocycles. The molecule has 0 saturated carbocycles. The van der Waals surface area contributed by atoms with E-state index < -0.39 is 13.0 Å². The summed E-state index contributed by atoms with van der Waals surface area (Å²) in [6, 6.07) is 0. The maximum atomic E-state index is 7.40. The molecule has 1 aliphatic heterocycles. The predicted octanol–water partition coefficient (Wildman–Crippen LogP) is 1.43. The van der Waals surface area contributed by atoms with Crippen LogP contribution in [0.1, 0.15) is 25.2 Å². The maximum Gasteiger partial charge on any atom is 0.0431 e. The standard InChI is InChI=1S/C6H13N.ClH/c1-6-3-2-4-7-5-6;/h6-7H,2-5H2,1H3;1H/i4D2,5D2;. The van der Waals surface area contributed by atoms with Gasteiger partial charge in [-0.15, -0.1) is 12.4 Å². The van der Waals surface area contributed by atoms with E-state index in [4.69, 9.17) is 5.48 Å². The maximum absolute atomic E-state index is 7.40. The first kappa shape index (κ1) is 3.43. The molecule has 0 aliphatic carbocycles. The third-order valence-electron chi connectivity index (χ3n) is 1.11. The highest BCUT2D eigenvalue weighted by Crippen LogP contribution is 2.06. The van der Waals surface area contributed by atoms with Crippen LogP contribution in [-0.4, -0.2) is 13.0 Å². The quantitative estimate of drug-likeness (QED) is 0.536. The molecule has 1 unspecified atom stereocenters. The van der Waals surface area contributed by atoms with E-state index in [0.29, 0.717) is 12.8 Å². The van der Waals surface area contributed by atoms with E-state index in [0.717, 1.165) is 0 Å². The van der Waals surface area contributed by atoms with Gasteiger partial charge >= 0.3 is 0 Å². The summed E-state index contributed by atoms with van der Waals surface area (Å²) in [4.78, 5) is 0. The Morgan fingerprint density at radius 2 is 2.50 bits per heavy atom. The lowest BCUT2D eigenvalue weighted by atomic mass is 10.0. The van der Waals surface area contributed by atoms with Gasteiger partial charge in [-0.2, -0.15) is 0 Å². The summed E-state index contributed by atoms with van der Waals surface area (Å²) in [6.07, 6.45) is 1.00. The molecular formula is C6H14ClN. The SMILES string of the molecule is Cl.[2H]C1([2H])CCC(C)C([2H])([2H])N1. The van der Waals surface area contributed by atoms with Gasteiger partial charge in [0, 0.05) is 5.48 Å². The Morgan fingerprint density at radius 1 is 1.75 bits per heavy atom. The van der Waals surface area contributed by atoms with E-state index in [1.54, 1.807) is 6.92 Å². The fourth-order valence-corrected chi connectivity index (χ4v) is 0.598. The van der Waals surface area contributed by atoms with Crippen LogP contribution in [-0.2, 0) is 0 Å². The van der Waals surface area contributed by atoms with Gasteiger partial charge in [-0.3, -0.25) is 0 Å². The Balaban J connectivity index is 0.00000121. The van der Waals surface area contributed by atoms with Crippen LogP contribution < -0.4 is 5.32 Å². The zero-order valence-corrected chi connectivity index (χ0v) is 5.72. The lowest BCUT2D eigenvalue weighted by Crippen LogP contribution is -2.27. The minimum atomic E-state index is -1.55. The summed E-state index contributed by atoms with van der Waals surface area (Å²) >= 11 is 0. The smallest absolute Gasteiger partial charge is 0.0431 e. The molecule has 0 bridgehead atoms. The zero-order chi connectivity index (χ0) is 8.70. The van der Waals surface area contributed by atoms with Crippen molar-refractivity contribution >= 4 is 12.4 Å². The average Bonchev–Trinajstić information content (AvgIpc) is 1.77. The predicted molar refractivity (Wildman–Crippen MR) is 38.5 cm³/mol. The van der Waals surface area contributed by atoms with Gasteiger partial charge in [0.1, 0.15) is 0 Å². The topological polar surface area (TPSA) is 12.0 Å². The number of hydrogen-bond acceptors (Lipinski definition) is 1. The molecule has 0 aromatic rings. The van der Waals surface area contributed by atoms with Gasteiger partial charge in [0.05, 0.1) is 0 Å². The Labute approximate surface area is 62.9 Å². The third-order valence-corrected chi connectivity index (χ3v) is 1.11. The molecule has 50 valence electrons. The number of hydrogen-bond donors (Lipinski definition) is 1. The fraction of sp³-hybridized carbons (Fsp3) is 1.00. The lowest BCUT2D eigenvalue weighted by Gasteiger charge is -2.17. The summed E-state index contributed by atoms with van der Waals surface area (Å²) in [5, 5.41) is 2.35. The van der Waals surface area contributed by atoms with Gasteiger partial charge in [-0.05, 0) is 31.8 Å². The highest BCUT2D eigenvalue weighted by atomic mass is 35.5. The van der Waals surface area contributed by atoms with Crippen molar-refractivity contribution in [2.24, 2.45) is 5.92 Å². The van der Waals surface area contributed by atoms with E-state index in [1.165, 1.54) is 0 Å². The Hall–Kier alpha value is 0.250. The van der Waals surface area contributed by atoms with Crippen LogP contribution in [0, 0.1) is 5.92 Å². The normalized spacial score (nSPS) is 48.9. The minimum absolute atomic E-state index is 0. The van der Waals surface area contributed by atoms with Crippen LogP contribution >= 0.6 is 12.4 Å². The molecule has 1 rings (SSSR count). The Morgan fingerprint density at radius 3 is 3.00 bits per heavy atom. The molecular weight excluding hydrogens is 122 g/mol. The monoisotopic (exact) mass is 139 g/mol. The first-order chi connectivity index (χ1) is 4.83. The van der Waals surface area contributed by atoms with E-state index >= 15 is 0 Å². The molecule has 1 N–H and O–H groups in total. The van der Waals surface area contributed by atoms with Crippen LogP contribution in [0.4, 0.5) is 0 Å². The molecule has 1 fully saturated rings. The van der Waals surface area contributed by atoms with Crippen LogP contribution in [0.25, 0.3) is 0 Å². The second kappa shape index (κ2) is 4.16. The van der Waals surface area contributed by atoms with Crippen LogP contribution in [0.2, 0.25) is 0 Å². The largest absolute Gasteiger partial charge is 0.316 e. The van der Waals surface area contributed by atoms with Gasteiger partial charge in [0.2, 0.25) is 0 Å². The van der Waals surface area contributed by atoms with Gasteiger partial charge in [0.25, 0.3) is 0 Å². The average molecular weight is 140 g/mol. The van der Waals surface area contributed by atoms with Crippen molar-refractivity contribution in [2.75, 3.05) is 13.0 Å². The zero-order valence-electron chi connectivity index (χ0n) is 8.90. The van der Waals surface area contributed by atoms with Crippen molar-refractivity contribution in [3.8, 4) is 0 Å². The highest BCUT2D eigenvalue weighted by molar-refractivity contribution is 5.85. The number of piperidine rings is 1. The number of halogens is 1. The molecule has 1 nitrogen and oxygen atoms in total. The van der Waals surface area contributed by atoms with Crippen molar-refractivity contribution in [1.29, 1.82) is 0 Å². The summed E-state index contributed by atoms with van der Waals surface area (Å²) in [6.45, 7) is -1.29. The number of nitrogens with one attached hydrogen (secondary N) is 1. The molecule has 0 spiro atoms. The van der Waals surface area contributed by atoms with E-state index in [-0.39, 0.29) is 18.3 Å². The summed E-state index contributed by atoms with van der Waals surface area (Å²) in [5.41, 5.74) is 0. The van der Waals surface area contributed by atoms with Crippen LogP contribution in [0.3, 0.4) is 0 Å². The van der Waals surface area contributed by atoms with Crippen molar-refractivity contribution in [2.45, 2.75) is 19.8 Å². The first-order valence-corrected chi connectivity index (χ1v) is 2.63. The molecule has 0 aromatic carbocycles. The van der Waals surface area contributed by atoms with E-state index in [9.17, 15) is 0 Å². The lowest BCUT2D eigenvalue weighted by molar-refractivity contribution is 0.405. The molecule has 2 heteroatoms. The van der Waals surface area contributed by atoms with E-state index in [2.05, 4.69) is 5.32 Å². The molecule has 8 heavy (non-hydrogen) atoms. The minimum Gasteiger partial charge on any atom is -0.316 e. The highest BCUT2D eigenvalue weighted by Gasteiger charge is 2.04. The van der Waals surface area contributed by atoms with Crippen molar-refractivity contribution < 1.29 is 5.48 Å². The Bertz CT molecular complexity index is 162. The summed E-state index contributed by atoms with van der Waals surface area (Å²) in [7, 11) is 0. The van der Waals surface area contributed by atoms with Crippen molar-refractivity contribution in [3.05, 3.63) is 0 Å².